The molecule has 1 saturated heterocycles. The molecule has 2 rings (SSSR count). The summed E-state index contributed by atoms with van der Waals surface area (Å²) < 4.78 is 5.45. The van der Waals surface area contributed by atoms with Crippen molar-refractivity contribution in [2.24, 2.45) is 0 Å². The summed E-state index contributed by atoms with van der Waals surface area (Å²) >= 11 is 0. The van der Waals surface area contributed by atoms with Gasteiger partial charge in [0, 0.05) is 18.7 Å². The lowest BCUT2D eigenvalue weighted by molar-refractivity contribution is -0.0124. The van der Waals surface area contributed by atoms with E-state index in [1.165, 1.54) is 5.56 Å². The van der Waals surface area contributed by atoms with Gasteiger partial charge in [0.15, 0.2) is 0 Å². The molecule has 1 atom stereocenters. The molecule has 1 amide bonds. The molecule has 92 valence electrons. The lowest BCUT2D eigenvalue weighted by Crippen LogP contribution is -2.44. The van der Waals surface area contributed by atoms with Crippen LogP contribution in [0.25, 0.3) is 0 Å². The number of ether oxygens (including phenoxy) is 1. The van der Waals surface area contributed by atoms with Crippen molar-refractivity contribution in [1.29, 1.82) is 0 Å². The molecule has 3 nitrogen and oxygen atoms in total. The van der Waals surface area contributed by atoms with Gasteiger partial charge in [0.2, 0.25) is 0 Å². The fraction of sp³-hybridized carbons (Fsp3) is 0.500. The van der Waals surface area contributed by atoms with Crippen LogP contribution in [0.1, 0.15) is 28.4 Å². The third kappa shape index (κ3) is 2.67. The summed E-state index contributed by atoms with van der Waals surface area (Å²) in [7, 11) is 0. The number of benzene rings is 1. The summed E-state index contributed by atoms with van der Waals surface area (Å²) in [5, 5.41) is 0. The minimum absolute atomic E-state index is 0.123. The van der Waals surface area contributed by atoms with Crippen molar-refractivity contribution in [1.82, 2.24) is 4.90 Å². The molecule has 1 aliphatic rings. The normalized spacial score (nSPS) is 20.4. The summed E-state index contributed by atoms with van der Waals surface area (Å²) in [5.74, 6) is 0.123. The maximum absolute atomic E-state index is 12.3. The molecular weight excluding hydrogens is 214 g/mol. The molecule has 0 spiro atoms. The highest BCUT2D eigenvalue weighted by Gasteiger charge is 2.23. The van der Waals surface area contributed by atoms with Crippen molar-refractivity contribution in [3.63, 3.8) is 0 Å². The molecule has 17 heavy (non-hydrogen) atoms. The molecule has 1 aliphatic heterocycles. The Balaban J connectivity index is 2.18. The van der Waals surface area contributed by atoms with E-state index in [0.29, 0.717) is 19.7 Å². The molecule has 3 heteroatoms. The minimum Gasteiger partial charge on any atom is -0.375 e. The van der Waals surface area contributed by atoms with Crippen LogP contribution in [0.3, 0.4) is 0 Å². The number of amides is 1. The minimum atomic E-state index is 0.123. The Morgan fingerprint density at radius 2 is 2.18 bits per heavy atom. The van der Waals surface area contributed by atoms with Gasteiger partial charge in [-0.3, -0.25) is 4.79 Å². The van der Waals surface area contributed by atoms with Gasteiger partial charge in [-0.05, 0) is 32.4 Å². The molecular formula is C14H19NO2. The van der Waals surface area contributed by atoms with Crippen molar-refractivity contribution >= 4 is 5.91 Å². The number of rotatable bonds is 1. The van der Waals surface area contributed by atoms with Crippen molar-refractivity contribution in [3.05, 3.63) is 34.9 Å². The Hall–Kier alpha value is -1.35. The van der Waals surface area contributed by atoms with Crippen molar-refractivity contribution < 1.29 is 9.53 Å². The van der Waals surface area contributed by atoms with Crippen LogP contribution in [0.2, 0.25) is 0 Å². The summed E-state index contributed by atoms with van der Waals surface area (Å²) in [5.41, 5.74) is 3.05. The fourth-order valence-electron chi connectivity index (χ4n) is 2.23. The molecule has 0 N–H and O–H groups in total. The van der Waals surface area contributed by atoms with E-state index in [1.807, 2.05) is 37.8 Å². The van der Waals surface area contributed by atoms with Gasteiger partial charge in [-0.25, -0.2) is 0 Å². The highest BCUT2D eigenvalue weighted by molar-refractivity contribution is 5.95. The molecule has 0 aliphatic carbocycles. The van der Waals surface area contributed by atoms with Gasteiger partial charge in [0.1, 0.15) is 0 Å². The second-order valence-electron chi connectivity index (χ2n) is 4.75. The first-order valence-corrected chi connectivity index (χ1v) is 6.06. The van der Waals surface area contributed by atoms with Gasteiger partial charge >= 0.3 is 0 Å². The van der Waals surface area contributed by atoms with Crippen LogP contribution < -0.4 is 0 Å². The smallest absolute Gasteiger partial charge is 0.254 e. The average Bonchev–Trinajstić information content (AvgIpc) is 2.28. The first-order chi connectivity index (χ1) is 8.08. The summed E-state index contributed by atoms with van der Waals surface area (Å²) in [6.45, 7) is 8.05. The Morgan fingerprint density at radius 3 is 2.82 bits per heavy atom. The molecule has 1 unspecified atom stereocenters. The van der Waals surface area contributed by atoms with E-state index >= 15 is 0 Å². The highest BCUT2D eigenvalue weighted by Crippen LogP contribution is 2.15. The first-order valence-electron chi connectivity index (χ1n) is 6.06. The Labute approximate surface area is 102 Å². The van der Waals surface area contributed by atoms with Gasteiger partial charge in [0.05, 0.1) is 12.7 Å². The van der Waals surface area contributed by atoms with E-state index in [1.54, 1.807) is 0 Å². The monoisotopic (exact) mass is 233 g/mol. The molecule has 0 bridgehead atoms. The number of morpholine rings is 1. The van der Waals surface area contributed by atoms with E-state index in [-0.39, 0.29) is 12.0 Å². The topological polar surface area (TPSA) is 29.5 Å². The van der Waals surface area contributed by atoms with Crippen molar-refractivity contribution in [2.75, 3.05) is 19.7 Å². The van der Waals surface area contributed by atoms with Gasteiger partial charge in [-0.2, -0.15) is 0 Å². The van der Waals surface area contributed by atoms with Crippen molar-refractivity contribution in [2.45, 2.75) is 26.9 Å². The summed E-state index contributed by atoms with van der Waals surface area (Å²) in [4.78, 5) is 14.2. The fourth-order valence-corrected chi connectivity index (χ4v) is 2.23. The number of aryl methyl sites for hydroxylation is 2. The molecule has 1 heterocycles. The van der Waals surface area contributed by atoms with Gasteiger partial charge in [-0.1, -0.05) is 17.7 Å². The average molecular weight is 233 g/mol. The third-order valence-corrected chi connectivity index (χ3v) is 3.14. The lowest BCUT2D eigenvalue weighted by atomic mass is 10.0. The predicted molar refractivity (Wildman–Crippen MR) is 67.2 cm³/mol. The van der Waals surface area contributed by atoms with Gasteiger partial charge in [0.25, 0.3) is 5.91 Å². The van der Waals surface area contributed by atoms with Gasteiger partial charge in [-0.15, -0.1) is 0 Å². The van der Waals surface area contributed by atoms with E-state index in [2.05, 4.69) is 6.07 Å². The Bertz CT molecular complexity index is 428. The second-order valence-corrected chi connectivity index (χ2v) is 4.75. The zero-order valence-corrected chi connectivity index (χ0v) is 10.7. The van der Waals surface area contributed by atoms with Crippen LogP contribution in [0, 0.1) is 13.8 Å². The van der Waals surface area contributed by atoms with Crippen LogP contribution in [0.4, 0.5) is 0 Å². The van der Waals surface area contributed by atoms with E-state index in [9.17, 15) is 4.79 Å². The SMILES string of the molecule is Cc1ccc(C(=O)N2CCOC(C)C2)c(C)c1. The van der Waals surface area contributed by atoms with E-state index < -0.39 is 0 Å². The quantitative estimate of drug-likeness (QED) is 0.744. The zero-order valence-electron chi connectivity index (χ0n) is 10.7. The standard InChI is InChI=1S/C14H19NO2/c1-10-4-5-13(11(2)8-10)14(16)15-6-7-17-12(3)9-15/h4-5,8,12H,6-7,9H2,1-3H3. The number of hydrogen-bond acceptors (Lipinski definition) is 2. The number of carbonyl (C=O) groups excluding carboxylic acids is 1. The van der Waals surface area contributed by atoms with Crippen molar-refractivity contribution in [3.8, 4) is 0 Å². The number of hydrogen-bond donors (Lipinski definition) is 0. The van der Waals surface area contributed by atoms with Crippen LogP contribution in [0.15, 0.2) is 18.2 Å². The lowest BCUT2D eigenvalue weighted by Gasteiger charge is -2.31. The molecule has 0 radical (unpaired) electrons. The maximum atomic E-state index is 12.3. The molecule has 1 aromatic rings. The Morgan fingerprint density at radius 1 is 1.41 bits per heavy atom. The first kappa shape index (κ1) is 12.1. The summed E-state index contributed by atoms with van der Waals surface area (Å²) in [6.07, 6.45) is 0.137. The predicted octanol–water partition coefficient (Wildman–Crippen LogP) is 2.16. The molecule has 1 fully saturated rings. The largest absolute Gasteiger partial charge is 0.375 e. The molecule has 0 saturated carbocycles. The zero-order chi connectivity index (χ0) is 12.4. The third-order valence-electron chi connectivity index (χ3n) is 3.14. The van der Waals surface area contributed by atoms with Crippen LogP contribution in [-0.2, 0) is 4.74 Å². The maximum Gasteiger partial charge on any atom is 0.254 e. The van der Waals surface area contributed by atoms with E-state index in [0.717, 1.165) is 11.1 Å². The molecule has 1 aromatic carbocycles. The highest BCUT2D eigenvalue weighted by atomic mass is 16.5. The summed E-state index contributed by atoms with van der Waals surface area (Å²) in [6, 6.07) is 5.97. The van der Waals surface area contributed by atoms with E-state index in [4.69, 9.17) is 4.74 Å². The van der Waals surface area contributed by atoms with Gasteiger partial charge < -0.3 is 9.64 Å². The van der Waals surface area contributed by atoms with Crippen LogP contribution in [0.5, 0.6) is 0 Å². The second kappa shape index (κ2) is 4.88. The number of nitrogens with zero attached hydrogens (tertiary/aromatic N) is 1. The van der Waals surface area contributed by atoms with Crippen LogP contribution in [-0.4, -0.2) is 36.6 Å². The molecule has 0 aromatic heterocycles. The van der Waals surface area contributed by atoms with Crippen LogP contribution >= 0.6 is 0 Å². The number of carbonyl (C=O) groups is 1. The Kier molecular flexibility index (Phi) is 3.48.